The molecule has 1 saturated heterocycles. The normalized spacial score (nSPS) is 24.5. The molecule has 1 fully saturated rings. The first kappa shape index (κ1) is 11.4. The predicted octanol–water partition coefficient (Wildman–Crippen LogP) is 1.53. The molecule has 0 aromatic heterocycles. The Balaban J connectivity index is 2.32. The lowest BCUT2D eigenvalue weighted by Gasteiger charge is -2.34. The smallest absolute Gasteiger partial charge is 0.307 e. The molecule has 4 heteroatoms. The van der Waals surface area contributed by atoms with Gasteiger partial charge in [-0.3, -0.25) is 4.79 Å². The van der Waals surface area contributed by atoms with Crippen molar-refractivity contribution in [3.8, 4) is 0 Å². The van der Waals surface area contributed by atoms with Crippen LogP contribution in [0.25, 0.3) is 0 Å². The standard InChI is InChI=1S/C10H18FNO2/c1-8(9(13)14)7-12-5-3-10(2,11)4-6-12/h8H,3-7H2,1-2H3,(H,13,14). The van der Waals surface area contributed by atoms with E-state index in [1.54, 1.807) is 13.8 Å². The Labute approximate surface area is 83.9 Å². The predicted molar refractivity (Wildman–Crippen MR) is 52.0 cm³/mol. The van der Waals surface area contributed by atoms with E-state index >= 15 is 0 Å². The Morgan fingerprint density at radius 1 is 1.57 bits per heavy atom. The highest BCUT2D eigenvalue weighted by atomic mass is 19.1. The number of hydrogen-bond acceptors (Lipinski definition) is 2. The van der Waals surface area contributed by atoms with Crippen molar-refractivity contribution in [3.63, 3.8) is 0 Å². The van der Waals surface area contributed by atoms with Crippen molar-refractivity contribution in [3.05, 3.63) is 0 Å². The summed E-state index contributed by atoms with van der Waals surface area (Å²) < 4.78 is 13.4. The van der Waals surface area contributed by atoms with Gasteiger partial charge in [0.05, 0.1) is 5.92 Å². The van der Waals surface area contributed by atoms with Crippen LogP contribution in [0.4, 0.5) is 4.39 Å². The number of hydrogen-bond donors (Lipinski definition) is 1. The maximum absolute atomic E-state index is 13.4. The van der Waals surface area contributed by atoms with Gasteiger partial charge in [0, 0.05) is 19.6 Å². The summed E-state index contributed by atoms with van der Waals surface area (Å²) in [5, 5.41) is 8.71. The molecule has 3 nitrogen and oxygen atoms in total. The van der Waals surface area contributed by atoms with Crippen LogP contribution in [0, 0.1) is 5.92 Å². The zero-order chi connectivity index (χ0) is 10.8. The lowest BCUT2D eigenvalue weighted by Crippen LogP contribution is -2.42. The summed E-state index contributed by atoms with van der Waals surface area (Å²) in [6.45, 7) is 5.18. The number of piperidine rings is 1. The van der Waals surface area contributed by atoms with Crippen LogP contribution >= 0.6 is 0 Å². The van der Waals surface area contributed by atoms with Crippen molar-refractivity contribution in [2.24, 2.45) is 5.92 Å². The first-order valence-corrected chi connectivity index (χ1v) is 5.05. The number of carboxylic acid groups (broad SMARTS) is 1. The second-order valence-electron chi connectivity index (χ2n) is 4.45. The van der Waals surface area contributed by atoms with Crippen LogP contribution in [-0.4, -0.2) is 41.3 Å². The number of carboxylic acids is 1. The third-order valence-electron chi connectivity index (χ3n) is 2.85. The molecule has 0 radical (unpaired) electrons. The summed E-state index contributed by atoms with van der Waals surface area (Å²) >= 11 is 0. The Kier molecular flexibility index (Phi) is 3.48. The van der Waals surface area contributed by atoms with Crippen molar-refractivity contribution in [2.45, 2.75) is 32.4 Å². The molecule has 1 N–H and O–H groups in total. The van der Waals surface area contributed by atoms with E-state index < -0.39 is 11.6 Å². The summed E-state index contributed by atoms with van der Waals surface area (Å²) in [4.78, 5) is 12.6. The molecule has 0 saturated carbocycles. The molecule has 14 heavy (non-hydrogen) atoms. The van der Waals surface area contributed by atoms with Gasteiger partial charge in [-0.25, -0.2) is 4.39 Å². The van der Waals surface area contributed by atoms with Crippen molar-refractivity contribution >= 4 is 5.97 Å². The lowest BCUT2D eigenvalue weighted by atomic mass is 9.95. The number of carbonyl (C=O) groups is 1. The molecule has 0 aliphatic carbocycles. The molecule has 1 atom stereocenters. The van der Waals surface area contributed by atoms with Gasteiger partial charge in [0.2, 0.25) is 0 Å². The van der Waals surface area contributed by atoms with E-state index in [9.17, 15) is 9.18 Å². The first-order chi connectivity index (χ1) is 6.41. The third-order valence-corrected chi connectivity index (χ3v) is 2.85. The molecule has 1 heterocycles. The third kappa shape index (κ3) is 3.25. The Bertz CT molecular complexity index is 208. The maximum atomic E-state index is 13.4. The summed E-state index contributed by atoms with van der Waals surface area (Å²) in [5.74, 6) is -1.14. The first-order valence-electron chi connectivity index (χ1n) is 5.05. The van der Waals surface area contributed by atoms with Crippen molar-refractivity contribution in [1.82, 2.24) is 4.90 Å². The fourth-order valence-corrected chi connectivity index (χ4v) is 1.67. The van der Waals surface area contributed by atoms with Gasteiger partial charge >= 0.3 is 5.97 Å². The minimum Gasteiger partial charge on any atom is -0.481 e. The van der Waals surface area contributed by atoms with E-state index in [0.29, 0.717) is 32.5 Å². The molecule has 1 rings (SSSR count). The summed E-state index contributed by atoms with van der Waals surface area (Å²) in [7, 11) is 0. The van der Waals surface area contributed by atoms with Gasteiger partial charge in [-0.1, -0.05) is 6.92 Å². The van der Waals surface area contributed by atoms with Gasteiger partial charge in [-0.15, -0.1) is 0 Å². The van der Waals surface area contributed by atoms with Crippen LogP contribution in [0.3, 0.4) is 0 Å². The lowest BCUT2D eigenvalue weighted by molar-refractivity contribution is -0.141. The molecular weight excluding hydrogens is 185 g/mol. The second kappa shape index (κ2) is 4.26. The van der Waals surface area contributed by atoms with E-state index in [1.807, 2.05) is 4.90 Å². The number of likely N-dealkylation sites (tertiary alicyclic amines) is 1. The average molecular weight is 203 g/mol. The topological polar surface area (TPSA) is 40.5 Å². The number of alkyl halides is 1. The number of aliphatic carboxylic acids is 1. The van der Waals surface area contributed by atoms with Gasteiger partial charge < -0.3 is 10.0 Å². The molecule has 82 valence electrons. The van der Waals surface area contributed by atoms with Crippen LogP contribution in [0.1, 0.15) is 26.7 Å². The van der Waals surface area contributed by atoms with Crippen LogP contribution in [0.15, 0.2) is 0 Å². The van der Waals surface area contributed by atoms with E-state index in [1.165, 1.54) is 0 Å². The number of nitrogens with zero attached hydrogens (tertiary/aromatic N) is 1. The SMILES string of the molecule is CC(CN1CCC(C)(F)CC1)C(=O)O. The van der Waals surface area contributed by atoms with Crippen molar-refractivity contribution in [1.29, 1.82) is 0 Å². The van der Waals surface area contributed by atoms with Gasteiger partial charge in [0.25, 0.3) is 0 Å². The minimum atomic E-state index is -1.05. The van der Waals surface area contributed by atoms with Gasteiger partial charge in [-0.05, 0) is 19.8 Å². The maximum Gasteiger partial charge on any atom is 0.307 e. The highest BCUT2D eigenvalue weighted by Crippen LogP contribution is 2.25. The quantitative estimate of drug-likeness (QED) is 0.756. The molecule has 1 unspecified atom stereocenters. The number of rotatable bonds is 3. The Morgan fingerprint density at radius 2 is 2.07 bits per heavy atom. The van der Waals surface area contributed by atoms with Gasteiger partial charge in [0.1, 0.15) is 5.67 Å². The Morgan fingerprint density at radius 3 is 2.50 bits per heavy atom. The largest absolute Gasteiger partial charge is 0.481 e. The van der Waals surface area contributed by atoms with E-state index in [-0.39, 0.29) is 5.92 Å². The van der Waals surface area contributed by atoms with Crippen LogP contribution in [-0.2, 0) is 4.79 Å². The van der Waals surface area contributed by atoms with Crippen LogP contribution in [0.5, 0.6) is 0 Å². The molecule has 0 spiro atoms. The summed E-state index contributed by atoms with van der Waals surface area (Å²) in [5.41, 5.74) is -1.05. The van der Waals surface area contributed by atoms with Gasteiger partial charge in [0.15, 0.2) is 0 Å². The summed E-state index contributed by atoms with van der Waals surface area (Å²) in [6, 6.07) is 0. The van der Waals surface area contributed by atoms with Gasteiger partial charge in [-0.2, -0.15) is 0 Å². The van der Waals surface area contributed by atoms with E-state index in [2.05, 4.69) is 0 Å². The molecule has 1 aliphatic heterocycles. The summed E-state index contributed by atoms with van der Waals surface area (Å²) in [6.07, 6.45) is 1.03. The zero-order valence-electron chi connectivity index (χ0n) is 8.79. The van der Waals surface area contributed by atoms with Crippen LogP contribution < -0.4 is 0 Å². The van der Waals surface area contributed by atoms with E-state index in [0.717, 1.165) is 0 Å². The van der Waals surface area contributed by atoms with Crippen LogP contribution in [0.2, 0.25) is 0 Å². The molecule has 1 aliphatic rings. The van der Waals surface area contributed by atoms with E-state index in [4.69, 9.17) is 5.11 Å². The number of halogens is 1. The Hall–Kier alpha value is -0.640. The highest BCUT2D eigenvalue weighted by molar-refractivity contribution is 5.69. The molecule has 0 bridgehead atoms. The fraction of sp³-hybridized carbons (Fsp3) is 0.900. The molecule has 0 aromatic carbocycles. The molecule has 0 amide bonds. The van der Waals surface area contributed by atoms with Crippen molar-refractivity contribution in [2.75, 3.05) is 19.6 Å². The second-order valence-corrected chi connectivity index (χ2v) is 4.45. The monoisotopic (exact) mass is 203 g/mol. The molecule has 0 aromatic rings. The highest BCUT2D eigenvalue weighted by Gasteiger charge is 2.30. The molecular formula is C10H18FNO2. The fourth-order valence-electron chi connectivity index (χ4n) is 1.67. The zero-order valence-corrected chi connectivity index (χ0v) is 8.79. The van der Waals surface area contributed by atoms with Crippen molar-refractivity contribution < 1.29 is 14.3 Å². The minimum absolute atomic E-state index is 0.362. The average Bonchev–Trinajstić information content (AvgIpc) is 2.08.